The molecule has 0 spiro atoms. The molecule has 1 aromatic rings. The summed E-state index contributed by atoms with van der Waals surface area (Å²) in [6.45, 7) is 15.1. The molecule has 1 aromatic carbocycles. The first-order valence-corrected chi connectivity index (χ1v) is 18.7. The Morgan fingerprint density at radius 2 is 0.434 bits per heavy atom. The van der Waals surface area contributed by atoms with Gasteiger partial charge in [0, 0.05) is 0 Å². The molecule has 0 aliphatic carbocycles. The molecule has 0 heterocycles. The second-order valence-corrected chi connectivity index (χ2v) is 10.8. The molecule has 0 unspecified atom stereocenters. The van der Waals surface area contributed by atoms with Crippen LogP contribution in [-0.4, -0.2) is 203 Å². The molecule has 1 N–H and O–H groups in total. The van der Waals surface area contributed by atoms with Crippen molar-refractivity contribution in [2.24, 2.45) is 0 Å². The van der Waals surface area contributed by atoms with Gasteiger partial charge in [-0.3, -0.25) is 0 Å². The summed E-state index contributed by atoms with van der Waals surface area (Å²) < 4.78 is 81.7. The number of ether oxygens (including phenoxy) is 15. The standard InChI is InChI=1S/C37H68O16/c38-6-7-39-8-9-40-10-11-41-12-13-42-14-15-43-16-17-44-18-19-45-20-21-46-22-23-47-24-25-48-26-27-49-28-29-50-30-31-51-32-33-52-34-35-53-36-37-4-2-1-3-5-37/h1-5,38H,6-36H2. The van der Waals surface area contributed by atoms with E-state index in [1.165, 1.54) is 0 Å². The van der Waals surface area contributed by atoms with Crippen molar-refractivity contribution in [3.63, 3.8) is 0 Å². The molecule has 0 aliphatic heterocycles. The summed E-state index contributed by atoms with van der Waals surface area (Å²) in [7, 11) is 0. The molecule has 53 heavy (non-hydrogen) atoms. The van der Waals surface area contributed by atoms with Crippen molar-refractivity contribution in [1.82, 2.24) is 0 Å². The number of hydrogen-bond acceptors (Lipinski definition) is 16. The third-order valence-corrected chi connectivity index (χ3v) is 6.56. The smallest absolute Gasteiger partial charge is 0.0718 e. The van der Waals surface area contributed by atoms with E-state index in [1.807, 2.05) is 30.3 Å². The topological polar surface area (TPSA) is 159 Å². The highest BCUT2D eigenvalue weighted by Crippen LogP contribution is 2.00. The minimum Gasteiger partial charge on any atom is -0.394 e. The van der Waals surface area contributed by atoms with E-state index in [2.05, 4.69) is 0 Å². The maximum atomic E-state index is 8.59. The van der Waals surface area contributed by atoms with Gasteiger partial charge in [-0.05, 0) is 5.56 Å². The van der Waals surface area contributed by atoms with Gasteiger partial charge in [-0.15, -0.1) is 0 Å². The molecule has 1 rings (SSSR count). The molecule has 0 aromatic heterocycles. The lowest BCUT2D eigenvalue weighted by atomic mass is 10.2. The van der Waals surface area contributed by atoms with Gasteiger partial charge in [0.2, 0.25) is 0 Å². The van der Waals surface area contributed by atoms with Gasteiger partial charge in [0.15, 0.2) is 0 Å². The van der Waals surface area contributed by atoms with Crippen LogP contribution in [0.5, 0.6) is 0 Å². The maximum absolute atomic E-state index is 8.59. The van der Waals surface area contributed by atoms with Gasteiger partial charge in [0.1, 0.15) is 0 Å². The zero-order valence-electron chi connectivity index (χ0n) is 31.9. The van der Waals surface area contributed by atoms with E-state index in [0.29, 0.717) is 198 Å². The second kappa shape index (κ2) is 45.0. The first kappa shape index (κ1) is 49.6. The zero-order valence-corrected chi connectivity index (χ0v) is 31.9. The van der Waals surface area contributed by atoms with E-state index in [0.717, 1.165) is 5.56 Å². The van der Waals surface area contributed by atoms with Crippen molar-refractivity contribution in [3.8, 4) is 0 Å². The Hall–Kier alpha value is -1.42. The van der Waals surface area contributed by atoms with E-state index in [1.54, 1.807) is 0 Å². The number of aliphatic hydroxyl groups is 1. The number of benzene rings is 1. The van der Waals surface area contributed by atoms with Crippen molar-refractivity contribution in [3.05, 3.63) is 35.9 Å². The van der Waals surface area contributed by atoms with E-state index in [9.17, 15) is 0 Å². The Labute approximate surface area is 316 Å². The highest BCUT2D eigenvalue weighted by atomic mass is 16.6. The van der Waals surface area contributed by atoms with Crippen LogP contribution < -0.4 is 0 Å². The minimum absolute atomic E-state index is 0.0227. The lowest BCUT2D eigenvalue weighted by Gasteiger charge is -2.09. The normalized spacial score (nSPS) is 11.6. The molecule has 0 radical (unpaired) electrons. The molecule has 0 atom stereocenters. The fraction of sp³-hybridized carbons (Fsp3) is 0.838. The van der Waals surface area contributed by atoms with E-state index < -0.39 is 0 Å². The molecular formula is C37H68O16. The summed E-state index contributed by atoms with van der Waals surface area (Å²) in [4.78, 5) is 0. The van der Waals surface area contributed by atoms with Gasteiger partial charge >= 0.3 is 0 Å². The fourth-order valence-electron chi connectivity index (χ4n) is 3.91. The molecule has 0 saturated carbocycles. The zero-order chi connectivity index (χ0) is 37.6. The maximum Gasteiger partial charge on any atom is 0.0718 e. The average molecular weight is 769 g/mol. The Bertz CT molecular complexity index is 797. The molecule has 0 aliphatic rings. The molecule has 0 bridgehead atoms. The average Bonchev–Trinajstić information content (AvgIpc) is 3.18. The van der Waals surface area contributed by atoms with Crippen LogP contribution in [0.25, 0.3) is 0 Å². The second-order valence-electron chi connectivity index (χ2n) is 10.8. The van der Waals surface area contributed by atoms with Gasteiger partial charge in [0.05, 0.1) is 205 Å². The fourth-order valence-corrected chi connectivity index (χ4v) is 3.91. The lowest BCUT2D eigenvalue weighted by Crippen LogP contribution is -2.15. The van der Waals surface area contributed by atoms with Gasteiger partial charge in [-0.2, -0.15) is 0 Å². The quantitative estimate of drug-likeness (QED) is 0.0949. The molecular weight excluding hydrogens is 700 g/mol. The van der Waals surface area contributed by atoms with Gasteiger partial charge in [-0.1, -0.05) is 30.3 Å². The molecule has 312 valence electrons. The van der Waals surface area contributed by atoms with Crippen molar-refractivity contribution >= 4 is 0 Å². The third-order valence-electron chi connectivity index (χ3n) is 6.56. The summed E-state index contributed by atoms with van der Waals surface area (Å²) in [6.07, 6.45) is 0. The monoisotopic (exact) mass is 768 g/mol. The van der Waals surface area contributed by atoms with Crippen molar-refractivity contribution in [2.75, 3.05) is 198 Å². The first-order valence-electron chi connectivity index (χ1n) is 18.7. The van der Waals surface area contributed by atoms with Crippen LogP contribution in [0.3, 0.4) is 0 Å². The Balaban J connectivity index is 1.60. The summed E-state index contributed by atoms with van der Waals surface area (Å²) >= 11 is 0. The van der Waals surface area contributed by atoms with Gasteiger partial charge in [-0.25, -0.2) is 0 Å². The van der Waals surface area contributed by atoms with Crippen molar-refractivity contribution in [1.29, 1.82) is 0 Å². The molecule has 16 heteroatoms. The van der Waals surface area contributed by atoms with Crippen LogP contribution in [0.15, 0.2) is 30.3 Å². The van der Waals surface area contributed by atoms with Gasteiger partial charge < -0.3 is 76.2 Å². The Kier molecular flexibility index (Phi) is 42.1. The number of hydrogen-bond donors (Lipinski definition) is 1. The van der Waals surface area contributed by atoms with Crippen molar-refractivity contribution in [2.45, 2.75) is 6.61 Å². The molecule has 0 fully saturated rings. The summed E-state index contributed by atoms with van der Waals surface area (Å²) in [5.74, 6) is 0. The Morgan fingerprint density at radius 3 is 0.642 bits per heavy atom. The number of rotatable bonds is 46. The summed E-state index contributed by atoms with van der Waals surface area (Å²) in [5, 5.41) is 8.59. The summed E-state index contributed by atoms with van der Waals surface area (Å²) in [5.41, 5.74) is 1.16. The SMILES string of the molecule is OCCOCCOCCOCCOCCOCCOCCOCCOCCOCCOCCOCCOCCOCCOCCOCc1ccccc1. The van der Waals surface area contributed by atoms with Gasteiger partial charge in [0.25, 0.3) is 0 Å². The molecule has 16 nitrogen and oxygen atoms in total. The van der Waals surface area contributed by atoms with Crippen LogP contribution in [-0.2, 0) is 77.7 Å². The predicted molar refractivity (Wildman–Crippen MR) is 195 cm³/mol. The summed E-state index contributed by atoms with van der Waals surface area (Å²) in [6, 6.07) is 10.1. The molecule has 0 saturated heterocycles. The predicted octanol–water partition coefficient (Wildman–Crippen LogP) is 1.43. The van der Waals surface area contributed by atoms with Crippen molar-refractivity contribution < 1.29 is 76.2 Å². The minimum atomic E-state index is 0.0227. The third kappa shape index (κ3) is 41.6. The van der Waals surface area contributed by atoms with E-state index >= 15 is 0 Å². The largest absolute Gasteiger partial charge is 0.394 e. The first-order chi connectivity index (χ1) is 26.4. The highest BCUT2D eigenvalue weighted by Gasteiger charge is 1.98. The van der Waals surface area contributed by atoms with E-state index in [-0.39, 0.29) is 6.61 Å². The lowest BCUT2D eigenvalue weighted by molar-refractivity contribution is -0.0302. The van der Waals surface area contributed by atoms with Crippen LogP contribution in [0.1, 0.15) is 5.56 Å². The van der Waals surface area contributed by atoms with Crippen LogP contribution in [0.2, 0.25) is 0 Å². The highest BCUT2D eigenvalue weighted by molar-refractivity contribution is 5.13. The molecule has 0 amide bonds. The van der Waals surface area contributed by atoms with Crippen LogP contribution in [0, 0.1) is 0 Å². The number of aliphatic hydroxyl groups excluding tert-OH is 1. The van der Waals surface area contributed by atoms with Crippen LogP contribution >= 0.6 is 0 Å². The Morgan fingerprint density at radius 1 is 0.245 bits per heavy atom. The van der Waals surface area contributed by atoms with E-state index in [4.69, 9.17) is 76.2 Å². The van der Waals surface area contributed by atoms with Crippen LogP contribution in [0.4, 0.5) is 0 Å².